The number of benzene rings is 1. The number of aryl methyl sites for hydroxylation is 2. The molecule has 3 rings (SSSR count). The smallest absolute Gasteiger partial charge is 0.408 e. The van der Waals surface area contributed by atoms with E-state index in [0.717, 1.165) is 0 Å². The van der Waals surface area contributed by atoms with Crippen molar-refractivity contribution in [2.45, 2.75) is 19.9 Å². The number of fused-ring (bicyclic) bond motifs is 1. The number of amides is 1. The Bertz CT molecular complexity index is 893. The fraction of sp³-hybridized carbons (Fsp3) is 0.214. The fourth-order valence-electron chi connectivity index (χ4n) is 2.10. The maximum Gasteiger partial charge on any atom is 0.419 e. The molecule has 0 radical (unpaired) electrons. The van der Waals surface area contributed by atoms with Gasteiger partial charge < -0.3 is 14.3 Å². The van der Waals surface area contributed by atoms with E-state index in [0.29, 0.717) is 27.7 Å². The van der Waals surface area contributed by atoms with Gasteiger partial charge in [-0.2, -0.15) is 0 Å². The molecule has 1 N–H and O–H groups in total. The molecule has 2 aromatic heterocycles. The summed E-state index contributed by atoms with van der Waals surface area (Å²) in [6.45, 7) is 1.92. The number of oxazole rings is 1. The van der Waals surface area contributed by atoms with E-state index in [1.54, 1.807) is 31.2 Å². The number of hydrogen-bond acceptors (Lipinski definition) is 5. The molecule has 0 saturated carbocycles. The van der Waals surface area contributed by atoms with Gasteiger partial charge in [0.05, 0.1) is 5.52 Å². The fourth-order valence-corrected chi connectivity index (χ4v) is 2.26. The third-order valence-corrected chi connectivity index (χ3v) is 3.32. The van der Waals surface area contributed by atoms with E-state index in [1.807, 2.05) is 0 Å². The highest BCUT2D eigenvalue weighted by Gasteiger charge is 2.12. The number of carbonyl (C=O) groups is 1. The lowest BCUT2D eigenvalue weighted by atomic mass is 10.3. The molecule has 8 heteroatoms. The summed E-state index contributed by atoms with van der Waals surface area (Å²) in [4.78, 5) is 23.7. The number of rotatable bonds is 4. The third-order valence-electron chi connectivity index (χ3n) is 3.09. The van der Waals surface area contributed by atoms with Crippen molar-refractivity contribution in [1.29, 1.82) is 0 Å². The van der Waals surface area contributed by atoms with Crippen molar-refractivity contribution in [3.8, 4) is 0 Å². The van der Waals surface area contributed by atoms with Crippen LogP contribution in [0.2, 0.25) is 5.02 Å². The molecule has 7 nitrogen and oxygen atoms in total. The van der Waals surface area contributed by atoms with Crippen LogP contribution in [-0.2, 0) is 11.3 Å². The molecule has 0 bridgehead atoms. The molecular formula is C14H12ClN3O4. The van der Waals surface area contributed by atoms with E-state index in [4.69, 9.17) is 20.5 Å². The summed E-state index contributed by atoms with van der Waals surface area (Å²) in [7, 11) is 0. The van der Waals surface area contributed by atoms with Crippen LogP contribution in [0, 0.1) is 6.92 Å². The highest BCUT2D eigenvalue weighted by molar-refractivity contribution is 6.31. The maximum absolute atomic E-state index is 11.9. The average molecular weight is 322 g/mol. The number of carbonyl (C=O) groups excluding carboxylic acids is 1. The van der Waals surface area contributed by atoms with Crippen LogP contribution >= 0.6 is 11.6 Å². The van der Waals surface area contributed by atoms with E-state index < -0.39 is 5.76 Å². The molecule has 0 atom stereocenters. The Kier molecular flexibility index (Phi) is 3.72. The number of anilines is 1. The van der Waals surface area contributed by atoms with Crippen LogP contribution in [0.3, 0.4) is 0 Å². The van der Waals surface area contributed by atoms with Gasteiger partial charge in [-0.3, -0.25) is 9.36 Å². The van der Waals surface area contributed by atoms with Crippen molar-refractivity contribution in [3.05, 3.63) is 45.6 Å². The molecule has 0 fully saturated rings. The largest absolute Gasteiger partial charge is 0.419 e. The summed E-state index contributed by atoms with van der Waals surface area (Å²) in [5.74, 6) is 0.147. The molecule has 0 unspecified atom stereocenters. The van der Waals surface area contributed by atoms with E-state index in [9.17, 15) is 9.59 Å². The molecule has 0 aliphatic heterocycles. The predicted molar refractivity (Wildman–Crippen MR) is 80.0 cm³/mol. The summed E-state index contributed by atoms with van der Waals surface area (Å²) in [5.41, 5.74) is 0.990. The Balaban J connectivity index is 1.72. The van der Waals surface area contributed by atoms with Gasteiger partial charge in [0.15, 0.2) is 11.4 Å². The molecule has 1 aromatic carbocycles. The molecule has 2 heterocycles. The van der Waals surface area contributed by atoms with Crippen molar-refractivity contribution in [1.82, 2.24) is 9.72 Å². The Morgan fingerprint density at radius 2 is 2.23 bits per heavy atom. The summed E-state index contributed by atoms with van der Waals surface area (Å²) in [5, 5.41) is 6.74. The summed E-state index contributed by atoms with van der Waals surface area (Å²) >= 11 is 5.85. The number of nitrogens with zero attached hydrogens (tertiary/aromatic N) is 2. The van der Waals surface area contributed by atoms with E-state index in [1.165, 1.54) is 4.57 Å². The quantitative estimate of drug-likeness (QED) is 0.797. The summed E-state index contributed by atoms with van der Waals surface area (Å²) in [6, 6.07) is 6.52. The minimum Gasteiger partial charge on any atom is -0.408 e. The number of hydrogen-bond donors (Lipinski definition) is 1. The molecule has 114 valence electrons. The van der Waals surface area contributed by atoms with Crippen LogP contribution in [0.15, 0.2) is 38.0 Å². The zero-order valence-electron chi connectivity index (χ0n) is 11.6. The van der Waals surface area contributed by atoms with Crippen molar-refractivity contribution in [2.75, 3.05) is 5.32 Å². The Morgan fingerprint density at radius 3 is 2.95 bits per heavy atom. The standard InChI is InChI=1S/C14H12ClN3O4/c1-8-6-12(17-22-8)16-13(19)4-5-18-10-3-2-9(15)7-11(10)21-14(18)20/h2-3,6-7H,4-5H2,1H3,(H,16,17,19). The van der Waals surface area contributed by atoms with E-state index in [-0.39, 0.29) is 18.9 Å². The van der Waals surface area contributed by atoms with Crippen LogP contribution in [0.4, 0.5) is 5.82 Å². The van der Waals surface area contributed by atoms with Crippen LogP contribution in [0.1, 0.15) is 12.2 Å². The third kappa shape index (κ3) is 2.89. The monoisotopic (exact) mass is 321 g/mol. The van der Waals surface area contributed by atoms with Gasteiger partial charge >= 0.3 is 5.76 Å². The number of nitrogens with one attached hydrogen (secondary N) is 1. The molecule has 1 amide bonds. The van der Waals surface area contributed by atoms with Crippen LogP contribution < -0.4 is 11.1 Å². The Labute approximate surface area is 129 Å². The van der Waals surface area contributed by atoms with Crippen LogP contribution in [-0.4, -0.2) is 15.6 Å². The van der Waals surface area contributed by atoms with Crippen LogP contribution in [0.5, 0.6) is 0 Å². The van der Waals surface area contributed by atoms with Crippen molar-refractivity contribution >= 4 is 34.4 Å². The molecule has 0 saturated heterocycles. The van der Waals surface area contributed by atoms with Crippen LogP contribution in [0.25, 0.3) is 11.1 Å². The lowest BCUT2D eigenvalue weighted by molar-refractivity contribution is -0.116. The normalized spacial score (nSPS) is 11.0. The van der Waals surface area contributed by atoms with Gasteiger partial charge in [0, 0.05) is 30.1 Å². The summed E-state index contributed by atoms with van der Waals surface area (Å²) < 4.78 is 11.3. The lowest BCUT2D eigenvalue weighted by Crippen LogP contribution is -2.19. The number of halogens is 1. The van der Waals surface area contributed by atoms with Crippen molar-refractivity contribution in [2.24, 2.45) is 0 Å². The highest BCUT2D eigenvalue weighted by atomic mass is 35.5. The molecular weight excluding hydrogens is 310 g/mol. The van der Waals surface area contributed by atoms with Gasteiger partial charge in [-0.25, -0.2) is 4.79 Å². The van der Waals surface area contributed by atoms with Crippen molar-refractivity contribution in [3.63, 3.8) is 0 Å². The van der Waals surface area contributed by atoms with Gasteiger partial charge in [0.1, 0.15) is 5.76 Å². The Hall–Kier alpha value is -2.54. The minimum absolute atomic E-state index is 0.100. The topological polar surface area (TPSA) is 90.3 Å². The maximum atomic E-state index is 11.9. The second kappa shape index (κ2) is 5.69. The molecule has 3 aromatic rings. The molecule has 0 aliphatic carbocycles. The van der Waals surface area contributed by atoms with Crippen molar-refractivity contribution < 1.29 is 13.7 Å². The van der Waals surface area contributed by atoms with Gasteiger partial charge in [-0.15, -0.1) is 0 Å². The average Bonchev–Trinajstić information content (AvgIpc) is 2.99. The van der Waals surface area contributed by atoms with E-state index in [2.05, 4.69) is 10.5 Å². The first-order valence-electron chi connectivity index (χ1n) is 6.55. The first kappa shape index (κ1) is 14.4. The minimum atomic E-state index is -0.526. The van der Waals surface area contributed by atoms with E-state index >= 15 is 0 Å². The molecule has 0 spiro atoms. The highest BCUT2D eigenvalue weighted by Crippen LogP contribution is 2.18. The second-order valence-electron chi connectivity index (χ2n) is 4.75. The lowest BCUT2D eigenvalue weighted by Gasteiger charge is -2.02. The number of aromatic nitrogens is 2. The zero-order chi connectivity index (χ0) is 15.7. The zero-order valence-corrected chi connectivity index (χ0v) is 12.4. The first-order chi connectivity index (χ1) is 10.5. The molecule has 0 aliphatic rings. The van der Waals surface area contributed by atoms with Gasteiger partial charge in [0.25, 0.3) is 0 Å². The second-order valence-corrected chi connectivity index (χ2v) is 5.19. The SMILES string of the molecule is Cc1cc(NC(=O)CCn2c(=O)oc3cc(Cl)ccc32)no1. The first-order valence-corrected chi connectivity index (χ1v) is 6.93. The van der Waals surface area contributed by atoms with Gasteiger partial charge in [-0.05, 0) is 19.1 Å². The predicted octanol–water partition coefficient (Wildman–Crippen LogP) is 2.57. The van der Waals surface area contributed by atoms with Gasteiger partial charge in [-0.1, -0.05) is 16.8 Å². The van der Waals surface area contributed by atoms with Gasteiger partial charge in [0.2, 0.25) is 5.91 Å². The Morgan fingerprint density at radius 1 is 1.41 bits per heavy atom. The molecule has 22 heavy (non-hydrogen) atoms. The summed E-state index contributed by atoms with van der Waals surface area (Å²) in [6.07, 6.45) is 0.100.